The van der Waals surface area contributed by atoms with E-state index in [1.165, 1.54) is 18.2 Å². The number of benzene rings is 3. The van der Waals surface area contributed by atoms with Gasteiger partial charge in [-0.3, -0.25) is 4.79 Å². The first-order valence-electron chi connectivity index (χ1n) is 9.81. The summed E-state index contributed by atoms with van der Waals surface area (Å²) in [6.07, 6.45) is 3.00. The van der Waals surface area contributed by atoms with E-state index in [4.69, 9.17) is 9.47 Å². The van der Waals surface area contributed by atoms with Gasteiger partial charge in [0.25, 0.3) is 0 Å². The quantitative estimate of drug-likeness (QED) is 0.272. The van der Waals surface area contributed by atoms with Gasteiger partial charge < -0.3 is 14.6 Å². The van der Waals surface area contributed by atoms with E-state index in [0.29, 0.717) is 17.1 Å². The highest BCUT2D eigenvalue weighted by Crippen LogP contribution is 2.41. The van der Waals surface area contributed by atoms with Gasteiger partial charge in [0.15, 0.2) is 5.78 Å². The molecular formula is C26H20O5S. The van der Waals surface area contributed by atoms with Crippen LogP contribution in [-0.2, 0) is 0 Å². The SMILES string of the molecule is COc1cc(OC)c(-c2cc3ccccc3s2)cc1/C=C/C(=O)c1ccccc1C(=O)O. The average Bonchev–Trinajstić information content (AvgIpc) is 3.26. The van der Waals surface area contributed by atoms with Crippen molar-refractivity contribution in [3.05, 3.63) is 89.5 Å². The molecule has 3 aromatic carbocycles. The van der Waals surface area contributed by atoms with Gasteiger partial charge in [-0.25, -0.2) is 4.79 Å². The number of carboxylic acid groups (broad SMARTS) is 1. The molecule has 4 rings (SSSR count). The van der Waals surface area contributed by atoms with Gasteiger partial charge in [-0.2, -0.15) is 0 Å². The number of ketones is 1. The van der Waals surface area contributed by atoms with Gasteiger partial charge in [0, 0.05) is 32.3 Å². The van der Waals surface area contributed by atoms with Crippen molar-refractivity contribution >= 4 is 39.3 Å². The van der Waals surface area contributed by atoms with E-state index in [-0.39, 0.29) is 11.1 Å². The van der Waals surface area contributed by atoms with Crippen molar-refractivity contribution in [3.8, 4) is 21.9 Å². The van der Waals surface area contributed by atoms with Crippen molar-refractivity contribution in [2.45, 2.75) is 0 Å². The summed E-state index contributed by atoms with van der Waals surface area (Å²) >= 11 is 1.65. The highest BCUT2D eigenvalue weighted by atomic mass is 32.1. The molecule has 0 aliphatic rings. The van der Waals surface area contributed by atoms with Crippen molar-refractivity contribution in [1.29, 1.82) is 0 Å². The van der Waals surface area contributed by atoms with Crippen LogP contribution in [0.25, 0.3) is 26.6 Å². The van der Waals surface area contributed by atoms with Crippen LogP contribution >= 0.6 is 11.3 Å². The number of methoxy groups -OCH3 is 2. The molecule has 1 N–H and O–H groups in total. The van der Waals surface area contributed by atoms with Crippen molar-refractivity contribution < 1.29 is 24.2 Å². The first-order valence-corrected chi connectivity index (χ1v) is 10.6. The van der Waals surface area contributed by atoms with Crippen LogP contribution in [0.5, 0.6) is 11.5 Å². The molecule has 6 heteroatoms. The fourth-order valence-corrected chi connectivity index (χ4v) is 4.58. The Morgan fingerprint density at radius 1 is 0.875 bits per heavy atom. The van der Waals surface area contributed by atoms with Crippen LogP contribution in [0.15, 0.2) is 72.8 Å². The van der Waals surface area contributed by atoms with Crippen LogP contribution in [-0.4, -0.2) is 31.1 Å². The van der Waals surface area contributed by atoms with Crippen LogP contribution in [0.2, 0.25) is 0 Å². The molecule has 0 bridgehead atoms. The summed E-state index contributed by atoms with van der Waals surface area (Å²) in [7, 11) is 3.15. The number of rotatable bonds is 7. The predicted molar refractivity (Wildman–Crippen MR) is 127 cm³/mol. The lowest BCUT2D eigenvalue weighted by Gasteiger charge is -2.12. The number of hydrogen-bond donors (Lipinski definition) is 1. The lowest BCUT2D eigenvalue weighted by molar-refractivity contribution is 0.0693. The molecule has 32 heavy (non-hydrogen) atoms. The second-order valence-corrected chi connectivity index (χ2v) is 8.08. The molecule has 0 atom stereocenters. The molecule has 0 saturated carbocycles. The fraction of sp³-hybridized carbons (Fsp3) is 0.0769. The maximum atomic E-state index is 12.7. The summed E-state index contributed by atoms with van der Waals surface area (Å²) in [6.45, 7) is 0. The van der Waals surface area contributed by atoms with Gasteiger partial charge in [-0.1, -0.05) is 36.4 Å². The van der Waals surface area contributed by atoms with Crippen LogP contribution < -0.4 is 9.47 Å². The molecule has 0 aliphatic heterocycles. The molecule has 0 radical (unpaired) electrons. The van der Waals surface area contributed by atoms with Gasteiger partial charge in [0.1, 0.15) is 11.5 Å². The zero-order valence-corrected chi connectivity index (χ0v) is 18.3. The molecule has 0 amide bonds. The molecule has 0 unspecified atom stereocenters. The van der Waals surface area contributed by atoms with Gasteiger partial charge in [-0.15, -0.1) is 11.3 Å². The largest absolute Gasteiger partial charge is 0.496 e. The Morgan fingerprint density at radius 3 is 2.25 bits per heavy atom. The molecule has 1 heterocycles. The van der Waals surface area contributed by atoms with Crippen molar-refractivity contribution in [2.75, 3.05) is 14.2 Å². The average molecular weight is 445 g/mol. The number of hydrogen-bond acceptors (Lipinski definition) is 5. The maximum Gasteiger partial charge on any atom is 0.336 e. The molecule has 1 aromatic heterocycles. The zero-order valence-electron chi connectivity index (χ0n) is 17.5. The maximum absolute atomic E-state index is 12.7. The normalized spacial score (nSPS) is 11.1. The van der Waals surface area contributed by atoms with E-state index in [9.17, 15) is 14.7 Å². The molecule has 0 aliphatic carbocycles. The van der Waals surface area contributed by atoms with E-state index in [0.717, 1.165) is 20.5 Å². The standard InChI is InChI=1S/C26H20O5S/c1-30-22-15-23(31-2)20(25-14-17-7-3-6-10-24(17)32-25)13-16(22)11-12-21(27)18-8-4-5-9-19(18)26(28)29/h3-15H,1-2H3,(H,28,29)/b12-11+. The van der Waals surface area contributed by atoms with Crippen LogP contribution in [0.1, 0.15) is 26.3 Å². The van der Waals surface area contributed by atoms with E-state index in [2.05, 4.69) is 18.2 Å². The number of allylic oxidation sites excluding steroid dienone is 1. The Morgan fingerprint density at radius 2 is 1.56 bits per heavy atom. The minimum Gasteiger partial charge on any atom is -0.496 e. The number of carbonyl (C=O) groups excluding carboxylic acids is 1. The second-order valence-electron chi connectivity index (χ2n) is 6.99. The number of carbonyl (C=O) groups is 2. The second kappa shape index (κ2) is 9.08. The minimum atomic E-state index is -1.14. The molecule has 5 nitrogen and oxygen atoms in total. The van der Waals surface area contributed by atoms with Crippen LogP contribution in [0.3, 0.4) is 0 Å². The van der Waals surface area contributed by atoms with Crippen molar-refractivity contribution in [2.24, 2.45) is 0 Å². The molecule has 160 valence electrons. The van der Waals surface area contributed by atoms with Crippen LogP contribution in [0.4, 0.5) is 0 Å². The van der Waals surface area contributed by atoms with E-state index in [1.54, 1.807) is 49.8 Å². The summed E-state index contributed by atoms with van der Waals surface area (Å²) in [5, 5.41) is 10.5. The minimum absolute atomic E-state index is 0.0326. The van der Waals surface area contributed by atoms with Gasteiger partial charge in [-0.05, 0) is 41.8 Å². The topological polar surface area (TPSA) is 72.8 Å². The lowest BCUT2D eigenvalue weighted by Crippen LogP contribution is -2.06. The molecule has 0 saturated heterocycles. The number of thiophene rings is 1. The Balaban J connectivity index is 1.76. The van der Waals surface area contributed by atoms with E-state index >= 15 is 0 Å². The summed E-state index contributed by atoms with van der Waals surface area (Å²) in [4.78, 5) is 25.2. The number of carboxylic acids is 1. The smallest absolute Gasteiger partial charge is 0.336 e. The summed E-state index contributed by atoms with van der Waals surface area (Å²) < 4.78 is 12.3. The molecule has 0 fully saturated rings. The fourth-order valence-electron chi connectivity index (χ4n) is 3.50. The monoisotopic (exact) mass is 444 g/mol. The van der Waals surface area contributed by atoms with E-state index < -0.39 is 11.8 Å². The third-order valence-corrected chi connectivity index (χ3v) is 6.23. The first kappa shape index (κ1) is 21.3. The number of aromatic carboxylic acids is 1. The van der Waals surface area contributed by atoms with Crippen molar-refractivity contribution in [3.63, 3.8) is 0 Å². The van der Waals surface area contributed by atoms with Gasteiger partial charge in [0.05, 0.1) is 19.8 Å². The van der Waals surface area contributed by atoms with E-state index in [1.807, 2.05) is 18.2 Å². The Labute approximate surface area is 189 Å². The van der Waals surface area contributed by atoms with Crippen LogP contribution in [0, 0.1) is 0 Å². The van der Waals surface area contributed by atoms with Crippen molar-refractivity contribution in [1.82, 2.24) is 0 Å². The summed E-state index contributed by atoms with van der Waals surface area (Å²) in [5.41, 5.74) is 1.66. The predicted octanol–water partition coefficient (Wildman–Crippen LogP) is 6.18. The van der Waals surface area contributed by atoms with Gasteiger partial charge in [0.2, 0.25) is 0 Å². The molecule has 0 spiro atoms. The Bertz CT molecular complexity index is 1320. The summed E-state index contributed by atoms with van der Waals surface area (Å²) in [6, 6.07) is 20.1. The molecular weight excluding hydrogens is 424 g/mol. The Hall–Kier alpha value is -3.90. The highest BCUT2D eigenvalue weighted by Gasteiger charge is 2.16. The lowest BCUT2D eigenvalue weighted by atomic mass is 10.0. The number of ether oxygens (including phenoxy) is 2. The molecule has 4 aromatic rings. The number of fused-ring (bicyclic) bond motifs is 1. The van der Waals surface area contributed by atoms with Gasteiger partial charge >= 0.3 is 5.97 Å². The zero-order chi connectivity index (χ0) is 22.7. The third-order valence-electron chi connectivity index (χ3n) is 5.08. The summed E-state index contributed by atoms with van der Waals surface area (Å²) in [5.74, 6) is -0.337. The Kier molecular flexibility index (Phi) is 6.05. The first-order chi connectivity index (χ1) is 15.5. The third kappa shape index (κ3) is 4.13. The highest BCUT2D eigenvalue weighted by molar-refractivity contribution is 7.22.